The molecule has 3 heterocycles. The van der Waals surface area contributed by atoms with Gasteiger partial charge in [0.05, 0.1) is 0 Å². The van der Waals surface area contributed by atoms with Gasteiger partial charge in [-0.2, -0.15) is 4.98 Å². The Hall–Kier alpha value is -3.35. The van der Waals surface area contributed by atoms with Crippen molar-refractivity contribution in [1.29, 1.82) is 0 Å². The molecule has 0 unspecified atom stereocenters. The van der Waals surface area contributed by atoms with Gasteiger partial charge in [-0.05, 0) is 68.7 Å². The maximum Gasteiger partial charge on any atom is 0.227 e. The number of amides is 1. The zero-order valence-electron chi connectivity index (χ0n) is 20.1. The Morgan fingerprint density at radius 1 is 1.03 bits per heavy atom. The molecule has 2 aliphatic heterocycles. The number of aryl methyl sites for hydroxylation is 2. The van der Waals surface area contributed by atoms with Crippen molar-refractivity contribution < 1.29 is 9.32 Å². The van der Waals surface area contributed by atoms with Gasteiger partial charge in [-0.15, -0.1) is 0 Å². The van der Waals surface area contributed by atoms with E-state index in [0.717, 1.165) is 38.3 Å². The molecule has 1 aromatic heterocycles. The Kier molecular flexibility index (Phi) is 6.52. The molecule has 1 amide bonds. The lowest BCUT2D eigenvalue weighted by atomic mass is 10.1. The maximum atomic E-state index is 12.9. The molecule has 2 saturated heterocycles. The quantitative estimate of drug-likeness (QED) is 0.547. The summed E-state index contributed by atoms with van der Waals surface area (Å²) >= 11 is 0. The number of carbonyl (C=O) groups excluding carboxylic acids is 1. The molecule has 7 nitrogen and oxygen atoms in total. The monoisotopic (exact) mass is 459 g/mol. The predicted octanol–water partition coefficient (Wildman–Crippen LogP) is 4.32. The first-order valence-electron chi connectivity index (χ1n) is 12.4. The van der Waals surface area contributed by atoms with Crippen LogP contribution in [0, 0.1) is 6.92 Å². The number of hydrogen-bond donors (Lipinski definition) is 0. The van der Waals surface area contributed by atoms with Crippen molar-refractivity contribution in [3.8, 4) is 11.4 Å². The number of rotatable bonds is 6. The second-order valence-electron chi connectivity index (χ2n) is 9.47. The Bertz CT molecular complexity index is 1120. The average Bonchev–Trinajstić information content (AvgIpc) is 3.55. The molecule has 7 heteroatoms. The summed E-state index contributed by atoms with van der Waals surface area (Å²) in [7, 11) is 0. The number of benzene rings is 2. The topological polar surface area (TPSA) is 65.7 Å². The smallest absolute Gasteiger partial charge is 0.227 e. The second-order valence-corrected chi connectivity index (χ2v) is 9.47. The van der Waals surface area contributed by atoms with Gasteiger partial charge in [-0.3, -0.25) is 4.79 Å². The van der Waals surface area contributed by atoms with Crippen molar-refractivity contribution in [2.45, 2.75) is 45.6 Å². The van der Waals surface area contributed by atoms with Crippen LogP contribution in [0.15, 0.2) is 53.1 Å². The number of anilines is 2. The van der Waals surface area contributed by atoms with Gasteiger partial charge in [0.1, 0.15) is 0 Å². The summed E-state index contributed by atoms with van der Waals surface area (Å²) in [5.41, 5.74) is 4.66. The first-order chi connectivity index (χ1) is 16.6. The van der Waals surface area contributed by atoms with Crippen molar-refractivity contribution in [2.24, 2.45) is 0 Å². The Balaban J connectivity index is 1.14. The molecular formula is C27H33N5O2. The van der Waals surface area contributed by atoms with E-state index in [0.29, 0.717) is 24.6 Å². The first kappa shape index (κ1) is 22.4. The molecule has 0 bridgehead atoms. The summed E-state index contributed by atoms with van der Waals surface area (Å²) in [6, 6.07) is 17.2. The van der Waals surface area contributed by atoms with E-state index in [1.807, 2.05) is 17.0 Å². The van der Waals surface area contributed by atoms with E-state index in [9.17, 15) is 4.79 Å². The summed E-state index contributed by atoms with van der Waals surface area (Å²) in [5.74, 6) is 1.24. The molecule has 0 radical (unpaired) electrons. The highest BCUT2D eigenvalue weighted by Gasteiger charge is 2.27. The summed E-state index contributed by atoms with van der Waals surface area (Å²) in [6.07, 6.45) is 3.36. The number of aromatic nitrogens is 2. The minimum Gasteiger partial charge on any atom is -0.372 e. The molecule has 178 valence electrons. The van der Waals surface area contributed by atoms with Crippen LogP contribution in [0.5, 0.6) is 0 Å². The van der Waals surface area contributed by atoms with E-state index in [-0.39, 0.29) is 11.9 Å². The van der Waals surface area contributed by atoms with Crippen LogP contribution in [-0.2, 0) is 11.2 Å². The summed E-state index contributed by atoms with van der Waals surface area (Å²) in [6.45, 7) is 8.84. The van der Waals surface area contributed by atoms with Gasteiger partial charge in [-0.1, -0.05) is 17.3 Å². The normalized spacial score (nSPS) is 18.5. The van der Waals surface area contributed by atoms with Crippen LogP contribution >= 0.6 is 0 Å². The maximum absolute atomic E-state index is 12.9. The summed E-state index contributed by atoms with van der Waals surface area (Å²) in [4.78, 5) is 24.1. The minimum atomic E-state index is 0.144. The molecule has 2 aliphatic rings. The van der Waals surface area contributed by atoms with Crippen LogP contribution in [0.1, 0.15) is 37.6 Å². The molecule has 1 atom stereocenters. The van der Waals surface area contributed by atoms with Gasteiger partial charge in [0.25, 0.3) is 0 Å². The molecule has 3 aromatic rings. The third-order valence-electron chi connectivity index (χ3n) is 6.93. The molecule has 2 aromatic carbocycles. The standard InChI is InChI=1S/C27H33N5O2/c1-20-6-5-7-24(18-20)32-17-16-31(19-21(32)2)26(33)13-12-25-28-27(29-34-25)22-8-10-23(11-9-22)30-14-3-4-15-30/h5-11,18,21H,3-4,12-17,19H2,1-2H3/t21-/m0/s1. The fourth-order valence-corrected chi connectivity index (χ4v) is 5.02. The van der Waals surface area contributed by atoms with Crippen LogP contribution in [0.25, 0.3) is 11.4 Å². The Morgan fingerprint density at radius 2 is 1.82 bits per heavy atom. The lowest BCUT2D eigenvalue weighted by Crippen LogP contribution is -2.53. The molecule has 5 rings (SSSR count). The largest absolute Gasteiger partial charge is 0.372 e. The van der Waals surface area contributed by atoms with Gasteiger partial charge < -0.3 is 19.2 Å². The summed E-state index contributed by atoms with van der Waals surface area (Å²) < 4.78 is 5.44. The van der Waals surface area contributed by atoms with Crippen LogP contribution < -0.4 is 9.80 Å². The second kappa shape index (κ2) is 9.87. The highest BCUT2D eigenvalue weighted by atomic mass is 16.5. The third kappa shape index (κ3) is 4.93. The molecule has 2 fully saturated rings. The van der Waals surface area contributed by atoms with E-state index >= 15 is 0 Å². The van der Waals surface area contributed by atoms with E-state index < -0.39 is 0 Å². The van der Waals surface area contributed by atoms with Crippen molar-refractivity contribution in [1.82, 2.24) is 15.0 Å². The van der Waals surface area contributed by atoms with E-state index in [1.54, 1.807) is 0 Å². The zero-order chi connectivity index (χ0) is 23.5. The van der Waals surface area contributed by atoms with E-state index in [4.69, 9.17) is 4.52 Å². The van der Waals surface area contributed by atoms with Gasteiger partial charge >= 0.3 is 0 Å². The Morgan fingerprint density at radius 3 is 2.56 bits per heavy atom. The molecular weight excluding hydrogens is 426 g/mol. The molecule has 0 aliphatic carbocycles. The number of carbonyl (C=O) groups is 1. The average molecular weight is 460 g/mol. The van der Waals surface area contributed by atoms with Crippen LogP contribution in [-0.4, -0.2) is 59.7 Å². The van der Waals surface area contributed by atoms with Gasteiger partial charge in [-0.25, -0.2) is 0 Å². The zero-order valence-corrected chi connectivity index (χ0v) is 20.1. The lowest BCUT2D eigenvalue weighted by Gasteiger charge is -2.41. The van der Waals surface area contributed by atoms with Crippen LogP contribution in [0.2, 0.25) is 0 Å². The highest BCUT2D eigenvalue weighted by Crippen LogP contribution is 2.25. The third-order valence-corrected chi connectivity index (χ3v) is 6.93. The fraction of sp³-hybridized carbons (Fsp3) is 0.444. The summed E-state index contributed by atoms with van der Waals surface area (Å²) in [5, 5.41) is 4.14. The molecule has 34 heavy (non-hydrogen) atoms. The SMILES string of the molecule is Cc1cccc(N2CCN(C(=O)CCc3nc(-c4ccc(N5CCCC5)cc4)no3)C[C@@H]2C)c1. The van der Waals surface area contributed by atoms with Gasteiger partial charge in [0.2, 0.25) is 17.6 Å². The van der Waals surface area contributed by atoms with E-state index in [2.05, 4.69) is 70.2 Å². The van der Waals surface area contributed by atoms with Gasteiger partial charge in [0.15, 0.2) is 0 Å². The van der Waals surface area contributed by atoms with E-state index in [1.165, 1.54) is 29.8 Å². The van der Waals surface area contributed by atoms with Crippen LogP contribution in [0.3, 0.4) is 0 Å². The number of piperazine rings is 1. The number of hydrogen-bond acceptors (Lipinski definition) is 6. The van der Waals surface area contributed by atoms with Crippen molar-refractivity contribution in [3.05, 3.63) is 60.0 Å². The molecule has 0 spiro atoms. The molecule has 0 saturated carbocycles. The fourth-order valence-electron chi connectivity index (χ4n) is 5.02. The minimum absolute atomic E-state index is 0.144. The van der Waals surface area contributed by atoms with Crippen LogP contribution in [0.4, 0.5) is 11.4 Å². The van der Waals surface area contributed by atoms with Gasteiger partial charge in [0, 0.05) is 68.5 Å². The molecule has 0 N–H and O–H groups in total. The highest BCUT2D eigenvalue weighted by molar-refractivity contribution is 5.77. The Labute approximate surface area is 201 Å². The predicted molar refractivity (Wildman–Crippen MR) is 134 cm³/mol. The van der Waals surface area contributed by atoms with Crippen molar-refractivity contribution >= 4 is 17.3 Å². The lowest BCUT2D eigenvalue weighted by molar-refractivity contribution is -0.132. The number of nitrogens with zero attached hydrogens (tertiary/aromatic N) is 5. The first-order valence-corrected chi connectivity index (χ1v) is 12.4. The van der Waals surface area contributed by atoms with Crippen molar-refractivity contribution in [2.75, 3.05) is 42.5 Å². The van der Waals surface area contributed by atoms with Crippen molar-refractivity contribution in [3.63, 3.8) is 0 Å².